The smallest absolute Gasteiger partial charge is 0.243 e. The van der Waals surface area contributed by atoms with Crippen molar-refractivity contribution in [2.75, 3.05) is 39.3 Å². The number of carbonyl (C=O) groups is 2. The van der Waals surface area contributed by atoms with E-state index in [-0.39, 0.29) is 35.7 Å². The van der Waals surface area contributed by atoms with Crippen LogP contribution in [0.4, 0.5) is 0 Å². The molecule has 29 heavy (non-hydrogen) atoms. The van der Waals surface area contributed by atoms with E-state index in [1.54, 1.807) is 12.1 Å². The van der Waals surface area contributed by atoms with Crippen LogP contribution in [0.2, 0.25) is 0 Å². The largest absolute Gasteiger partial charge is 0.339 e. The molecule has 0 aromatic heterocycles. The number of hydrogen-bond donors (Lipinski definition) is 0. The number of nitrogens with zero attached hydrogens (tertiary/aromatic N) is 3. The van der Waals surface area contributed by atoms with Gasteiger partial charge in [0.2, 0.25) is 15.9 Å². The SMILES string of the molecule is CCCN1CCCCC1C(=O)N1CCN(S(=O)(=O)c2cccc(C(C)=O)c2)CC1. The third kappa shape index (κ3) is 4.87. The number of ketones is 1. The van der Waals surface area contributed by atoms with Crippen LogP contribution in [0.5, 0.6) is 0 Å². The highest BCUT2D eigenvalue weighted by atomic mass is 32.2. The fourth-order valence-electron chi connectivity index (χ4n) is 4.21. The van der Waals surface area contributed by atoms with Crippen molar-refractivity contribution >= 4 is 21.7 Å². The van der Waals surface area contributed by atoms with Gasteiger partial charge in [-0.15, -0.1) is 0 Å². The van der Waals surface area contributed by atoms with Crippen molar-refractivity contribution in [3.8, 4) is 0 Å². The van der Waals surface area contributed by atoms with Gasteiger partial charge in [-0.25, -0.2) is 8.42 Å². The minimum absolute atomic E-state index is 0.0703. The topological polar surface area (TPSA) is 78.0 Å². The van der Waals surface area contributed by atoms with Crippen LogP contribution < -0.4 is 0 Å². The highest BCUT2D eigenvalue weighted by molar-refractivity contribution is 7.89. The number of rotatable bonds is 6. The van der Waals surface area contributed by atoms with E-state index in [9.17, 15) is 18.0 Å². The Morgan fingerprint density at radius 1 is 1.07 bits per heavy atom. The van der Waals surface area contributed by atoms with Crippen molar-refractivity contribution in [3.05, 3.63) is 29.8 Å². The number of carbonyl (C=O) groups excluding carboxylic acids is 2. The lowest BCUT2D eigenvalue weighted by molar-refractivity contribution is -0.139. The van der Waals surface area contributed by atoms with Crippen LogP contribution in [0.3, 0.4) is 0 Å². The molecular weight excluding hydrogens is 390 g/mol. The average Bonchev–Trinajstić information content (AvgIpc) is 2.74. The maximum absolute atomic E-state index is 13.1. The van der Waals surface area contributed by atoms with Gasteiger partial charge in [0.05, 0.1) is 10.9 Å². The highest BCUT2D eigenvalue weighted by Crippen LogP contribution is 2.22. The molecule has 2 heterocycles. The third-order valence-electron chi connectivity index (χ3n) is 5.84. The first-order chi connectivity index (χ1) is 13.8. The fourth-order valence-corrected chi connectivity index (χ4v) is 5.68. The molecule has 1 amide bonds. The summed E-state index contributed by atoms with van der Waals surface area (Å²) in [6.45, 7) is 6.80. The van der Waals surface area contributed by atoms with Crippen molar-refractivity contribution in [1.82, 2.24) is 14.1 Å². The van der Waals surface area contributed by atoms with Crippen LogP contribution in [0, 0.1) is 0 Å². The molecule has 0 bridgehead atoms. The van der Waals surface area contributed by atoms with Crippen LogP contribution in [0.1, 0.15) is 49.9 Å². The first-order valence-corrected chi connectivity index (χ1v) is 11.9. The van der Waals surface area contributed by atoms with Gasteiger partial charge >= 0.3 is 0 Å². The van der Waals surface area contributed by atoms with Crippen LogP contribution in [-0.4, -0.2) is 79.5 Å². The van der Waals surface area contributed by atoms with Crippen molar-refractivity contribution in [2.24, 2.45) is 0 Å². The number of hydrogen-bond acceptors (Lipinski definition) is 5. The molecule has 160 valence electrons. The molecule has 1 atom stereocenters. The Balaban J connectivity index is 1.66. The zero-order valence-electron chi connectivity index (χ0n) is 17.3. The first-order valence-electron chi connectivity index (χ1n) is 10.5. The summed E-state index contributed by atoms with van der Waals surface area (Å²) in [4.78, 5) is 28.9. The third-order valence-corrected chi connectivity index (χ3v) is 7.73. The Labute approximate surface area is 173 Å². The summed E-state index contributed by atoms with van der Waals surface area (Å²) in [5.41, 5.74) is 0.383. The zero-order valence-corrected chi connectivity index (χ0v) is 18.2. The molecule has 2 saturated heterocycles. The quantitative estimate of drug-likeness (QED) is 0.657. The summed E-state index contributed by atoms with van der Waals surface area (Å²) in [5, 5.41) is 0. The average molecular weight is 422 g/mol. The highest BCUT2D eigenvalue weighted by Gasteiger charge is 2.35. The number of sulfonamides is 1. The number of likely N-dealkylation sites (tertiary alicyclic amines) is 1. The van der Waals surface area contributed by atoms with Gasteiger partial charge in [0.1, 0.15) is 0 Å². The second-order valence-electron chi connectivity index (χ2n) is 7.86. The molecule has 3 rings (SSSR count). The van der Waals surface area contributed by atoms with Crippen LogP contribution in [0.15, 0.2) is 29.2 Å². The van der Waals surface area contributed by atoms with E-state index in [0.717, 1.165) is 38.8 Å². The van der Waals surface area contributed by atoms with E-state index in [2.05, 4.69) is 11.8 Å². The number of piperidine rings is 1. The van der Waals surface area contributed by atoms with E-state index in [4.69, 9.17) is 0 Å². The molecule has 1 aromatic rings. The monoisotopic (exact) mass is 421 g/mol. The lowest BCUT2D eigenvalue weighted by Gasteiger charge is -2.40. The van der Waals surface area contributed by atoms with E-state index in [1.807, 2.05) is 4.90 Å². The minimum Gasteiger partial charge on any atom is -0.339 e. The molecule has 2 fully saturated rings. The summed E-state index contributed by atoms with van der Waals surface area (Å²) < 4.78 is 27.4. The fraction of sp³-hybridized carbons (Fsp3) is 0.619. The number of benzene rings is 1. The normalized spacial score (nSPS) is 21.9. The van der Waals surface area contributed by atoms with Gasteiger partial charge in [-0.3, -0.25) is 14.5 Å². The second-order valence-corrected chi connectivity index (χ2v) is 9.80. The number of Topliss-reactive ketones (excluding diaryl/α,β-unsaturated/α-hetero) is 1. The first kappa shape index (κ1) is 21.9. The van der Waals surface area contributed by atoms with E-state index in [1.165, 1.54) is 23.4 Å². The molecule has 7 nitrogen and oxygen atoms in total. The van der Waals surface area contributed by atoms with Crippen LogP contribution in [0.25, 0.3) is 0 Å². The Hall–Kier alpha value is -1.77. The van der Waals surface area contributed by atoms with E-state index in [0.29, 0.717) is 18.7 Å². The maximum Gasteiger partial charge on any atom is 0.243 e. The van der Waals surface area contributed by atoms with Gasteiger partial charge < -0.3 is 4.90 Å². The maximum atomic E-state index is 13.1. The summed E-state index contributed by atoms with van der Waals surface area (Å²) in [7, 11) is -3.68. The van der Waals surface area contributed by atoms with Gasteiger partial charge in [0.15, 0.2) is 5.78 Å². The van der Waals surface area contributed by atoms with Crippen molar-refractivity contribution in [1.29, 1.82) is 0 Å². The van der Waals surface area contributed by atoms with Crippen molar-refractivity contribution in [3.63, 3.8) is 0 Å². The van der Waals surface area contributed by atoms with Gasteiger partial charge in [-0.1, -0.05) is 25.5 Å². The number of amides is 1. The molecule has 0 aliphatic carbocycles. The molecular formula is C21H31N3O4S. The second kappa shape index (κ2) is 9.36. The zero-order chi connectivity index (χ0) is 21.0. The van der Waals surface area contributed by atoms with E-state index >= 15 is 0 Å². The molecule has 0 N–H and O–H groups in total. The van der Waals surface area contributed by atoms with Gasteiger partial charge in [-0.05, 0) is 51.4 Å². The Morgan fingerprint density at radius 2 is 1.79 bits per heavy atom. The van der Waals surface area contributed by atoms with Crippen LogP contribution in [-0.2, 0) is 14.8 Å². The molecule has 2 aliphatic rings. The lowest BCUT2D eigenvalue weighted by Crippen LogP contribution is -2.56. The Bertz CT molecular complexity index is 845. The van der Waals surface area contributed by atoms with E-state index < -0.39 is 10.0 Å². The van der Waals surface area contributed by atoms with Crippen LogP contribution >= 0.6 is 0 Å². The van der Waals surface area contributed by atoms with Gasteiger partial charge in [-0.2, -0.15) is 4.31 Å². The van der Waals surface area contributed by atoms with Gasteiger partial charge in [0.25, 0.3) is 0 Å². The van der Waals surface area contributed by atoms with Crippen molar-refractivity contribution < 1.29 is 18.0 Å². The Kier molecular flexibility index (Phi) is 7.08. The van der Waals surface area contributed by atoms with Gasteiger partial charge in [0, 0.05) is 31.7 Å². The molecule has 1 unspecified atom stereocenters. The molecule has 2 aliphatic heterocycles. The molecule has 1 aromatic carbocycles. The molecule has 0 saturated carbocycles. The summed E-state index contributed by atoms with van der Waals surface area (Å²) in [6, 6.07) is 6.09. The summed E-state index contributed by atoms with van der Waals surface area (Å²) in [5.74, 6) is -0.0321. The molecule has 0 radical (unpaired) electrons. The summed E-state index contributed by atoms with van der Waals surface area (Å²) in [6.07, 6.45) is 4.11. The minimum atomic E-state index is -3.68. The predicted octanol–water partition coefficient (Wildman–Crippen LogP) is 1.99. The standard InChI is InChI=1S/C21H31N3O4S/c1-3-10-22-11-5-4-9-20(22)21(26)23-12-14-24(15-13-23)29(27,28)19-8-6-7-18(16-19)17(2)25/h6-8,16,20H,3-5,9-15H2,1-2H3. The lowest BCUT2D eigenvalue weighted by atomic mass is 10.0. The van der Waals surface area contributed by atoms with Crippen molar-refractivity contribution in [2.45, 2.75) is 50.5 Å². The molecule has 0 spiro atoms. The molecule has 8 heteroatoms. The predicted molar refractivity (Wildman–Crippen MR) is 111 cm³/mol. The number of piperazine rings is 1. The Morgan fingerprint density at radius 3 is 2.45 bits per heavy atom. The summed E-state index contributed by atoms with van der Waals surface area (Å²) >= 11 is 0.